The molecule has 0 aliphatic heterocycles. The summed E-state index contributed by atoms with van der Waals surface area (Å²) < 4.78 is 0. The number of carboxylic acid groups (broad SMARTS) is 1. The van der Waals surface area contributed by atoms with Crippen molar-refractivity contribution in [2.24, 2.45) is 11.8 Å². The number of carboxylic acids is 1. The molecule has 4 heteroatoms. The van der Waals surface area contributed by atoms with Crippen molar-refractivity contribution in [3.8, 4) is 0 Å². The van der Waals surface area contributed by atoms with Crippen LogP contribution < -0.4 is 0 Å². The maximum Gasteiger partial charge on any atom is 0.307 e. The lowest BCUT2D eigenvalue weighted by Gasteiger charge is -2.31. The molecule has 0 spiro atoms. The van der Waals surface area contributed by atoms with E-state index in [1.807, 2.05) is 0 Å². The van der Waals surface area contributed by atoms with E-state index in [4.69, 9.17) is 5.11 Å². The van der Waals surface area contributed by atoms with Gasteiger partial charge in [-0.1, -0.05) is 26.2 Å². The van der Waals surface area contributed by atoms with Crippen LogP contribution in [-0.2, 0) is 9.59 Å². The van der Waals surface area contributed by atoms with Crippen LogP contribution in [0.3, 0.4) is 0 Å². The zero-order valence-electron chi connectivity index (χ0n) is 10.8. The molecule has 17 heavy (non-hydrogen) atoms. The summed E-state index contributed by atoms with van der Waals surface area (Å²) in [6, 6.07) is 0. The van der Waals surface area contributed by atoms with E-state index in [1.165, 1.54) is 0 Å². The molecule has 1 saturated carbocycles. The lowest BCUT2D eigenvalue weighted by Crippen LogP contribution is -2.41. The summed E-state index contributed by atoms with van der Waals surface area (Å²) in [5, 5.41) is 9.14. The highest BCUT2D eigenvalue weighted by molar-refractivity contribution is 5.84. The van der Waals surface area contributed by atoms with Crippen molar-refractivity contribution in [2.45, 2.75) is 45.4 Å². The van der Waals surface area contributed by atoms with Gasteiger partial charge in [0.25, 0.3) is 0 Å². The lowest BCUT2D eigenvalue weighted by atomic mass is 9.78. The quantitative estimate of drug-likeness (QED) is 0.802. The molecule has 0 saturated heterocycles. The van der Waals surface area contributed by atoms with Gasteiger partial charge in [0.05, 0.1) is 11.8 Å². The van der Waals surface area contributed by atoms with Crippen LogP contribution in [0.2, 0.25) is 0 Å². The second-order valence-electron chi connectivity index (χ2n) is 4.95. The molecule has 2 unspecified atom stereocenters. The van der Waals surface area contributed by atoms with Gasteiger partial charge in [-0.2, -0.15) is 0 Å². The molecule has 0 bridgehead atoms. The summed E-state index contributed by atoms with van der Waals surface area (Å²) in [7, 11) is 1.78. The van der Waals surface area contributed by atoms with Crippen molar-refractivity contribution in [1.29, 1.82) is 0 Å². The maximum atomic E-state index is 12.2. The number of hydrogen-bond acceptors (Lipinski definition) is 2. The van der Waals surface area contributed by atoms with Crippen LogP contribution in [-0.4, -0.2) is 35.5 Å². The number of carbonyl (C=O) groups excluding carboxylic acids is 1. The average Bonchev–Trinajstić information content (AvgIpc) is 2.34. The van der Waals surface area contributed by atoms with Crippen LogP contribution in [0.25, 0.3) is 0 Å². The Morgan fingerprint density at radius 1 is 1.24 bits per heavy atom. The van der Waals surface area contributed by atoms with E-state index in [0.29, 0.717) is 6.42 Å². The molecule has 98 valence electrons. The third-order valence-electron chi connectivity index (χ3n) is 3.62. The third kappa shape index (κ3) is 3.72. The molecule has 1 fully saturated rings. The first kappa shape index (κ1) is 14.0. The van der Waals surface area contributed by atoms with Crippen molar-refractivity contribution < 1.29 is 14.7 Å². The number of rotatable bonds is 5. The fourth-order valence-corrected chi connectivity index (χ4v) is 2.51. The molecule has 0 aromatic carbocycles. The van der Waals surface area contributed by atoms with Gasteiger partial charge in [0, 0.05) is 13.6 Å². The van der Waals surface area contributed by atoms with E-state index in [2.05, 4.69) is 6.92 Å². The van der Waals surface area contributed by atoms with E-state index < -0.39 is 11.9 Å². The summed E-state index contributed by atoms with van der Waals surface area (Å²) >= 11 is 0. The van der Waals surface area contributed by atoms with Gasteiger partial charge in [-0.15, -0.1) is 0 Å². The molecule has 0 aromatic rings. The first-order valence-electron chi connectivity index (χ1n) is 6.55. The SMILES string of the molecule is CCCCN(C)C(=O)C1CCCCC1C(=O)O. The third-order valence-corrected chi connectivity index (χ3v) is 3.62. The summed E-state index contributed by atoms with van der Waals surface area (Å²) in [4.78, 5) is 25.0. The van der Waals surface area contributed by atoms with Crippen molar-refractivity contribution >= 4 is 11.9 Å². The second kappa shape index (κ2) is 6.62. The molecule has 1 aliphatic carbocycles. The highest BCUT2D eigenvalue weighted by Crippen LogP contribution is 2.31. The molecule has 0 heterocycles. The summed E-state index contributed by atoms with van der Waals surface area (Å²) in [5.41, 5.74) is 0. The van der Waals surface area contributed by atoms with Crippen LogP contribution in [0, 0.1) is 11.8 Å². The van der Waals surface area contributed by atoms with Gasteiger partial charge < -0.3 is 10.0 Å². The van der Waals surface area contributed by atoms with Gasteiger partial charge in [-0.25, -0.2) is 0 Å². The van der Waals surface area contributed by atoms with E-state index in [-0.39, 0.29) is 11.8 Å². The molecule has 1 aliphatic rings. The Labute approximate surface area is 103 Å². The molecule has 0 aromatic heterocycles. The smallest absolute Gasteiger partial charge is 0.307 e. The van der Waals surface area contributed by atoms with E-state index in [9.17, 15) is 9.59 Å². The minimum absolute atomic E-state index is 0.0190. The molecular formula is C13H23NO3. The van der Waals surface area contributed by atoms with Gasteiger partial charge in [-0.3, -0.25) is 9.59 Å². The fraction of sp³-hybridized carbons (Fsp3) is 0.846. The van der Waals surface area contributed by atoms with Crippen molar-refractivity contribution in [2.75, 3.05) is 13.6 Å². The van der Waals surface area contributed by atoms with Crippen LogP contribution in [0.15, 0.2) is 0 Å². The van der Waals surface area contributed by atoms with Crippen molar-refractivity contribution in [1.82, 2.24) is 4.90 Å². The number of hydrogen-bond donors (Lipinski definition) is 1. The molecule has 1 N–H and O–H groups in total. The molecule has 1 amide bonds. The van der Waals surface area contributed by atoms with Gasteiger partial charge in [-0.05, 0) is 19.3 Å². The molecular weight excluding hydrogens is 218 g/mol. The van der Waals surface area contributed by atoms with Crippen LogP contribution in [0.5, 0.6) is 0 Å². The van der Waals surface area contributed by atoms with E-state index in [1.54, 1.807) is 11.9 Å². The summed E-state index contributed by atoms with van der Waals surface area (Å²) in [6.07, 6.45) is 5.30. The Bertz CT molecular complexity index is 278. The largest absolute Gasteiger partial charge is 0.481 e. The topological polar surface area (TPSA) is 57.6 Å². The Kier molecular flexibility index (Phi) is 5.45. The number of aliphatic carboxylic acids is 1. The van der Waals surface area contributed by atoms with Crippen LogP contribution in [0.4, 0.5) is 0 Å². The standard InChI is InChI=1S/C13H23NO3/c1-3-4-9-14(2)12(15)10-7-5-6-8-11(10)13(16)17/h10-11H,3-9H2,1-2H3,(H,16,17). The summed E-state index contributed by atoms with van der Waals surface area (Å²) in [6.45, 7) is 2.82. The average molecular weight is 241 g/mol. The predicted octanol–water partition coefficient (Wildman–Crippen LogP) is 2.14. The van der Waals surface area contributed by atoms with Gasteiger partial charge >= 0.3 is 5.97 Å². The molecule has 0 radical (unpaired) electrons. The lowest BCUT2D eigenvalue weighted by molar-refractivity contribution is -0.151. The summed E-state index contributed by atoms with van der Waals surface area (Å²) in [5.74, 6) is -1.57. The van der Waals surface area contributed by atoms with Crippen molar-refractivity contribution in [3.63, 3.8) is 0 Å². The number of amides is 1. The zero-order chi connectivity index (χ0) is 12.8. The van der Waals surface area contributed by atoms with E-state index >= 15 is 0 Å². The highest BCUT2D eigenvalue weighted by Gasteiger charge is 2.36. The zero-order valence-corrected chi connectivity index (χ0v) is 10.8. The van der Waals surface area contributed by atoms with Crippen LogP contribution in [0.1, 0.15) is 45.4 Å². The molecule has 2 atom stereocenters. The van der Waals surface area contributed by atoms with E-state index in [0.717, 1.165) is 38.6 Å². The Balaban J connectivity index is 2.61. The first-order chi connectivity index (χ1) is 8.07. The second-order valence-corrected chi connectivity index (χ2v) is 4.95. The minimum Gasteiger partial charge on any atom is -0.481 e. The number of unbranched alkanes of at least 4 members (excludes halogenated alkanes) is 1. The van der Waals surface area contributed by atoms with Gasteiger partial charge in [0.15, 0.2) is 0 Å². The van der Waals surface area contributed by atoms with Gasteiger partial charge in [0.2, 0.25) is 5.91 Å². The van der Waals surface area contributed by atoms with Gasteiger partial charge in [0.1, 0.15) is 0 Å². The van der Waals surface area contributed by atoms with Crippen molar-refractivity contribution in [3.05, 3.63) is 0 Å². The maximum absolute atomic E-state index is 12.2. The minimum atomic E-state index is -0.813. The monoisotopic (exact) mass is 241 g/mol. The fourth-order valence-electron chi connectivity index (χ4n) is 2.51. The number of carbonyl (C=O) groups is 2. The molecule has 4 nitrogen and oxygen atoms in total. The van der Waals surface area contributed by atoms with Crippen LogP contribution >= 0.6 is 0 Å². The number of nitrogens with zero attached hydrogens (tertiary/aromatic N) is 1. The molecule has 1 rings (SSSR count). The Morgan fingerprint density at radius 3 is 2.35 bits per heavy atom. The Morgan fingerprint density at radius 2 is 1.82 bits per heavy atom. The Hall–Kier alpha value is -1.06. The highest BCUT2D eigenvalue weighted by atomic mass is 16.4. The predicted molar refractivity (Wildman–Crippen MR) is 65.6 cm³/mol. The normalized spacial score (nSPS) is 24.4. The first-order valence-corrected chi connectivity index (χ1v) is 6.55.